The summed E-state index contributed by atoms with van der Waals surface area (Å²) in [6.45, 7) is 4.15. The molecular weight excluding hydrogens is 224 g/mol. The highest BCUT2D eigenvalue weighted by atomic mass is 15.1. The Hall–Kier alpha value is -1.16. The molecule has 1 N–H and O–H groups in total. The summed E-state index contributed by atoms with van der Waals surface area (Å²) in [4.78, 5) is 11.5. The second-order valence-electron chi connectivity index (χ2n) is 5.35. The lowest BCUT2D eigenvalue weighted by atomic mass is 10.2. The van der Waals surface area contributed by atoms with Crippen LogP contribution >= 0.6 is 0 Å². The normalized spacial score (nSPS) is 15.1. The fourth-order valence-corrected chi connectivity index (χ4v) is 1.88. The smallest absolute Gasteiger partial charge is 0.132 e. The number of hydrogen-bond acceptors (Lipinski definition) is 4. The van der Waals surface area contributed by atoms with Crippen LogP contribution in [0.3, 0.4) is 0 Å². The summed E-state index contributed by atoms with van der Waals surface area (Å²) in [5.74, 6) is 2.67. The lowest BCUT2D eigenvalue weighted by molar-refractivity contribution is 0.409. The SMILES string of the molecule is CCCNc1cc(C2CC2)nc(CCN(C)C)n1. The molecule has 4 nitrogen and oxygen atoms in total. The second kappa shape index (κ2) is 6.14. The van der Waals surface area contributed by atoms with E-state index < -0.39 is 0 Å². The van der Waals surface area contributed by atoms with Crippen LogP contribution in [0, 0.1) is 0 Å². The van der Waals surface area contributed by atoms with Gasteiger partial charge in [-0.25, -0.2) is 9.97 Å². The highest BCUT2D eigenvalue weighted by Crippen LogP contribution is 2.39. The topological polar surface area (TPSA) is 41.1 Å². The first-order valence-corrected chi connectivity index (χ1v) is 6.95. The molecule has 0 unspecified atom stereocenters. The van der Waals surface area contributed by atoms with Gasteiger partial charge in [0, 0.05) is 37.2 Å². The van der Waals surface area contributed by atoms with Gasteiger partial charge in [0.1, 0.15) is 11.6 Å². The lowest BCUT2D eigenvalue weighted by Crippen LogP contribution is -2.17. The molecule has 1 aromatic heterocycles. The molecule has 1 aliphatic carbocycles. The van der Waals surface area contributed by atoms with E-state index in [1.807, 2.05) is 0 Å². The van der Waals surface area contributed by atoms with E-state index in [1.54, 1.807) is 0 Å². The van der Waals surface area contributed by atoms with Crippen LogP contribution in [0.2, 0.25) is 0 Å². The summed E-state index contributed by atoms with van der Waals surface area (Å²) >= 11 is 0. The van der Waals surface area contributed by atoms with Crippen molar-refractivity contribution in [2.75, 3.05) is 32.5 Å². The largest absolute Gasteiger partial charge is 0.370 e. The fourth-order valence-electron chi connectivity index (χ4n) is 1.88. The Labute approximate surface area is 110 Å². The molecule has 0 spiro atoms. The maximum absolute atomic E-state index is 4.70. The average molecular weight is 248 g/mol. The molecule has 0 radical (unpaired) electrons. The highest BCUT2D eigenvalue weighted by molar-refractivity contribution is 5.38. The number of likely N-dealkylation sites (N-methyl/N-ethyl adjacent to an activating group) is 1. The van der Waals surface area contributed by atoms with Crippen LogP contribution in [0.15, 0.2) is 6.07 Å². The van der Waals surface area contributed by atoms with Crippen LogP contribution in [0.5, 0.6) is 0 Å². The average Bonchev–Trinajstić information content (AvgIpc) is 3.18. The summed E-state index contributed by atoms with van der Waals surface area (Å²) in [5, 5.41) is 3.38. The van der Waals surface area contributed by atoms with E-state index in [4.69, 9.17) is 4.98 Å². The summed E-state index contributed by atoms with van der Waals surface area (Å²) in [5.41, 5.74) is 1.23. The maximum Gasteiger partial charge on any atom is 0.132 e. The number of aromatic nitrogens is 2. The van der Waals surface area contributed by atoms with Crippen molar-refractivity contribution in [2.24, 2.45) is 0 Å². The first-order valence-electron chi connectivity index (χ1n) is 6.95. The Bertz CT molecular complexity index is 385. The third-order valence-corrected chi connectivity index (χ3v) is 3.13. The van der Waals surface area contributed by atoms with Gasteiger partial charge in [0.05, 0.1) is 0 Å². The van der Waals surface area contributed by atoms with Crippen molar-refractivity contribution in [1.29, 1.82) is 0 Å². The molecule has 0 aromatic carbocycles. The van der Waals surface area contributed by atoms with Crippen molar-refractivity contribution in [3.05, 3.63) is 17.6 Å². The first kappa shape index (κ1) is 13.3. The monoisotopic (exact) mass is 248 g/mol. The third-order valence-electron chi connectivity index (χ3n) is 3.13. The predicted octanol–water partition coefficient (Wildman–Crippen LogP) is 2.28. The Kier molecular flexibility index (Phi) is 4.53. The van der Waals surface area contributed by atoms with Crippen molar-refractivity contribution in [3.8, 4) is 0 Å². The van der Waals surface area contributed by atoms with Crippen LogP contribution in [-0.2, 0) is 6.42 Å². The first-order chi connectivity index (χ1) is 8.69. The standard InChI is InChI=1S/C14H24N4/c1-4-8-15-14-10-12(11-5-6-11)16-13(17-14)7-9-18(2)3/h10-11H,4-9H2,1-3H3,(H,15,16,17). The number of nitrogens with zero attached hydrogens (tertiary/aromatic N) is 3. The van der Waals surface area contributed by atoms with Gasteiger partial charge in [-0.1, -0.05) is 6.92 Å². The molecule has 0 amide bonds. The molecule has 18 heavy (non-hydrogen) atoms. The van der Waals surface area contributed by atoms with Crippen LogP contribution in [0.4, 0.5) is 5.82 Å². The Morgan fingerprint density at radius 1 is 1.33 bits per heavy atom. The van der Waals surface area contributed by atoms with Gasteiger partial charge in [0.25, 0.3) is 0 Å². The fraction of sp³-hybridized carbons (Fsp3) is 0.714. The lowest BCUT2D eigenvalue weighted by Gasteiger charge is -2.11. The van der Waals surface area contributed by atoms with Crippen molar-refractivity contribution in [1.82, 2.24) is 14.9 Å². The van der Waals surface area contributed by atoms with E-state index in [1.165, 1.54) is 18.5 Å². The Morgan fingerprint density at radius 2 is 2.11 bits per heavy atom. The Balaban J connectivity index is 2.08. The molecule has 0 bridgehead atoms. The quantitative estimate of drug-likeness (QED) is 0.804. The molecule has 1 heterocycles. The number of anilines is 1. The summed E-state index contributed by atoms with van der Waals surface area (Å²) in [6, 6.07) is 2.13. The molecule has 1 aliphatic rings. The van der Waals surface area contributed by atoms with E-state index in [2.05, 4.69) is 42.3 Å². The van der Waals surface area contributed by atoms with Gasteiger partial charge < -0.3 is 10.2 Å². The van der Waals surface area contributed by atoms with Crippen LogP contribution in [0.25, 0.3) is 0 Å². The van der Waals surface area contributed by atoms with Crippen LogP contribution in [0.1, 0.15) is 43.6 Å². The molecule has 2 rings (SSSR count). The number of nitrogens with one attached hydrogen (secondary N) is 1. The van der Waals surface area contributed by atoms with E-state index in [9.17, 15) is 0 Å². The van der Waals surface area contributed by atoms with Gasteiger partial charge in [0.15, 0.2) is 0 Å². The molecule has 0 saturated heterocycles. The molecular formula is C14H24N4. The maximum atomic E-state index is 4.70. The van der Waals surface area contributed by atoms with Gasteiger partial charge in [-0.15, -0.1) is 0 Å². The summed E-state index contributed by atoms with van der Waals surface area (Å²) in [6.07, 6.45) is 4.62. The molecule has 100 valence electrons. The van der Waals surface area contributed by atoms with E-state index in [-0.39, 0.29) is 0 Å². The number of hydrogen-bond donors (Lipinski definition) is 1. The molecule has 0 atom stereocenters. The van der Waals surface area contributed by atoms with E-state index in [0.29, 0.717) is 5.92 Å². The van der Waals surface area contributed by atoms with Gasteiger partial charge in [-0.2, -0.15) is 0 Å². The van der Waals surface area contributed by atoms with E-state index >= 15 is 0 Å². The predicted molar refractivity (Wildman–Crippen MR) is 75.0 cm³/mol. The van der Waals surface area contributed by atoms with Gasteiger partial charge >= 0.3 is 0 Å². The van der Waals surface area contributed by atoms with Crippen molar-refractivity contribution >= 4 is 5.82 Å². The number of rotatable bonds is 7. The van der Waals surface area contributed by atoms with Gasteiger partial charge in [0.2, 0.25) is 0 Å². The van der Waals surface area contributed by atoms with Gasteiger partial charge in [-0.3, -0.25) is 0 Å². The van der Waals surface area contributed by atoms with Crippen molar-refractivity contribution in [3.63, 3.8) is 0 Å². The van der Waals surface area contributed by atoms with Crippen molar-refractivity contribution in [2.45, 2.75) is 38.5 Å². The van der Waals surface area contributed by atoms with Crippen LogP contribution in [-0.4, -0.2) is 42.1 Å². The molecule has 1 fully saturated rings. The minimum Gasteiger partial charge on any atom is -0.370 e. The second-order valence-corrected chi connectivity index (χ2v) is 5.35. The minimum atomic E-state index is 0.688. The summed E-state index contributed by atoms with van der Waals surface area (Å²) in [7, 11) is 4.17. The van der Waals surface area contributed by atoms with Crippen LogP contribution < -0.4 is 5.32 Å². The summed E-state index contributed by atoms with van der Waals surface area (Å²) < 4.78 is 0. The molecule has 0 aliphatic heterocycles. The van der Waals surface area contributed by atoms with Gasteiger partial charge in [-0.05, 0) is 33.4 Å². The van der Waals surface area contributed by atoms with E-state index in [0.717, 1.165) is 37.6 Å². The Morgan fingerprint density at radius 3 is 2.72 bits per heavy atom. The molecule has 1 aromatic rings. The highest BCUT2D eigenvalue weighted by Gasteiger charge is 2.26. The third kappa shape index (κ3) is 3.95. The van der Waals surface area contributed by atoms with Crippen molar-refractivity contribution < 1.29 is 0 Å². The zero-order chi connectivity index (χ0) is 13.0. The zero-order valence-corrected chi connectivity index (χ0v) is 11.7. The molecule has 4 heteroatoms. The molecule has 1 saturated carbocycles. The zero-order valence-electron chi connectivity index (χ0n) is 11.7. The minimum absolute atomic E-state index is 0.688.